The third-order valence-corrected chi connectivity index (χ3v) is 6.67. The van der Waals surface area contributed by atoms with Gasteiger partial charge in [0, 0.05) is 10.3 Å². The Kier molecular flexibility index (Phi) is 23.4. The van der Waals surface area contributed by atoms with Crippen LogP contribution in [0.2, 0.25) is 0 Å². The normalized spacial score (nSPS) is 15.1. The summed E-state index contributed by atoms with van der Waals surface area (Å²) in [7, 11) is 0. The molecule has 0 aromatic carbocycles. The quantitative estimate of drug-likeness (QED) is 0.0649. The molecule has 0 bridgehead atoms. The number of aliphatic hydroxyl groups is 2. The molecule has 0 radical (unpaired) electrons. The Balaban J connectivity index is 3.96. The second kappa shape index (κ2) is 23.1. The van der Waals surface area contributed by atoms with E-state index in [1.54, 1.807) is 0 Å². The van der Waals surface area contributed by atoms with Gasteiger partial charge in [0.15, 0.2) is 0 Å². The van der Waals surface area contributed by atoms with Crippen LogP contribution in [0.5, 0.6) is 0 Å². The van der Waals surface area contributed by atoms with E-state index < -0.39 is 0 Å². The van der Waals surface area contributed by atoms with Crippen molar-refractivity contribution in [2.45, 2.75) is 142 Å². The van der Waals surface area contributed by atoms with Crippen LogP contribution >= 0.6 is 22.6 Å². The van der Waals surface area contributed by atoms with Crippen molar-refractivity contribution in [2.75, 3.05) is 4.43 Å². The van der Waals surface area contributed by atoms with E-state index in [1.807, 2.05) is 0 Å². The maximum Gasteiger partial charge on any atom is 0.0593 e. The van der Waals surface area contributed by atoms with Gasteiger partial charge in [0.05, 0.1) is 12.2 Å². The van der Waals surface area contributed by atoms with Crippen LogP contribution in [-0.2, 0) is 0 Å². The standard InChI is InChI=1S/C26H51IO2/c1-3-5-16-21-25(28)24(26(29)22-17-6-4-2)20-18-14-12-10-8-7-9-11-13-15-19-23-27/h13,15,24-26,28-29H,3-12,14,16-23H2,1-2H3/b15-13-. The molecule has 2 atom stereocenters. The monoisotopic (exact) mass is 522 g/mol. The Bertz CT molecular complexity index is 330. The molecule has 0 heterocycles. The first-order chi connectivity index (χ1) is 14.2. The summed E-state index contributed by atoms with van der Waals surface area (Å²) in [4.78, 5) is 0. The molecule has 0 saturated heterocycles. The molecule has 0 amide bonds. The van der Waals surface area contributed by atoms with E-state index in [4.69, 9.17) is 0 Å². The zero-order valence-corrected chi connectivity index (χ0v) is 21.8. The van der Waals surface area contributed by atoms with E-state index in [9.17, 15) is 10.2 Å². The van der Waals surface area contributed by atoms with E-state index in [1.165, 1.54) is 81.5 Å². The van der Waals surface area contributed by atoms with Crippen molar-refractivity contribution in [3.63, 3.8) is 0 Å². The zero-order chi connectivity index (χ0) is 21.6. The molecule has 0 rings (SSSR count). The summed E-state index contributed by atoms with van der Waals surface area (Å²) in [5.41, 5.74) is 0. The number of hydrogen-bond acceptors (Lipinski definition) is 2. The van der Waals surface area contributed by atoms with Gasteiger partial charge in [-0.3, -0.25) is 0 Å². The van der Waals surface area contributed by atoms with Crippen molar-refractivity contribution >= 4 is 22.6 Å². The van der Waals surface area contributed by atoms with Crippen LogP contribution in [0.25, 0.3) is 0 Å². The summed E-state index contributed by atoms with van der Waals surface area (Å²) in [5.74, 6) is 0.0815. The van der Waals surface area contributed by atoms with Crippen molar-refractivity contribution in [2.24, 2.45) is 5.92 Å². The molecular formula is C26H51IO2. The summed E-state index contributed by atoms with van der Waals surface area (Å²) in [6.45, 7) is 4.40. The number of allylic oxidation sites excluding steroid dienone is 2. The summed E-state index contributed by atoms with van der Waals surface area (Å²) in [6, 6.07) is 0. The molecule has 2 unspecified atom stereocenters. The SMILES string of the molecule is CCCCCC(O)C(CCCCCCCCC/C=C\CCI)C(O)CCCCC. The Morgan fingerprint density at radius 3 is 1.55 bits per heavy atom. The maximum absolute atomic E-state index is 10.7. The first-order valence-electron chi connectivity index (χ1n) is 12.7. The molecule has 0 aromatic heterocycles. The van der Waals surface area contributed by atoms with E-state index >= 15 is 0 Å². The lowest BCUT2D eigenvalue weighted by atomic mass is 9.85. The van der Waals surface area contributed by atoms with Gasteiger partial charge in [0.1, 0.15) is 0 Å². The number of unbranched alkanes of at least 4 members (excludes halogenated alkanes) is 11. The Hall–Kier alpha value is 0.390. The molecule has 29 heavy (non-hydrogen) atoms. The van der Waals surface area contributed by atoms with Crippen molar-refractivity contribution in [1.29, 1.82) is 0 Å². The lowest BCUT2D eigenvalue weighted by molar-refractivity contribution is -0.00316. The van der Waals surface area contributed by atoms with E-state index in [2.05, 4.69) is 48.6 Å². The number of alkyl halides is 1. The third kappa shape index (κ3) is 18.8. The van der Waals surface area contributed by atoms with Crippen LogP contribution in [0.15, 0.2) is 12.2 Å². The molecule has 2 N–H and O–H groups in total. The minimum absolute atomic E-state index is 0.0815. The first-order valence-corrected chi connectivity index (χ1v) is 14.3. The number of aliphatic hydroxyl groups excluding tert-OH is 2. The van der Waals surface area contributed by atoms with Gasteiger partial charge in [0.2, 0.25) is 0 Å². The van der Waals surface area contributed by atoms with Crippen molar-refractivity contribution < 1.29 is 10.2 Å². The molecular weight excluding hydrogens is 471 g/mol. The molecule has 3 heteroatoms. The van der Waals surface area contributed by atoms with Crippen LogP contribution in [0.1, 0.15) is 129 Å². The van der Waals surface area contributed by atoms with Crippen LogP contribution in [0.3, 0.4) is 0 Å². The van der Waals surface area contributed by atoms with Gasteiger partial charge < -0.3 is 10.2 Å². The molecule has 0 aliphatic rings. The maximum atomic E-state index is 10.7. The number of rotatable bonds is 22. The average Bonchev–Trinajstić information content (AvgIpc) is 2.71. The van der Waals surface area contributed by atoms with Crippen molar-refractivity contribution in [1.82, 2.24) is 0 Å². The molecule has 174 valence electrons. The topological polar surface area (TPSA) is 40.5 Å². The Morgan fingerprint density at radius 1 is 0.586 bits per heavy atom. The molecule has 0 aliphatic carbocycles. The fourth-order valence-electron chi connectivity index (χ4n) is 4.10. The van der Waals surface area contributed by atoms with Gasteiger partial charge in [-0.2, -0.15) is 0 Å². The summed E-state index contributed by atoms with van der Waals surface area (Å²) in [5, 5.41) is 21.3. The second-order valence-electron chi connectivity index (χ2n) is 8.79. The van der Waals surface area contributed by atoms with E-state index in [0.29, 0.717) is 0 Å². The largest absolute Gasteiger partial charge is 0.393 e. The van der Waals surface area contributed by atoms with Gasteiger partial charge in [-0.15, -0.1) is 0 Å². The van der Waals surface area contributed by atoms with Gasteiger partial charge in [-0.25, -0.2) is 0 Å². The molecule has 0 spiro atoms. The fourth-order valence-corrected chi connectivity index (χ4v) is 4.46. The van der Waals surface area contributed by atoms with Crippen LogP contribution < -0.4 is 0 Å². The highest BCUT2D eigenvalue weighted by atomic mass is 127. The van der Waals surface area contributed by atoms with E-state index in [-0.39, 0.29) is 18.1 Å². The highest BCUT2D eigenvalue weighted by Crippen LogP contribution is 2.25. The van der Waals surface area contributed by atoms with Gasteiger partial charge >= 0.3 is 0 Å². The van der Waals surface area contributed by atoms with Gasteiger partial charge in [-0.1, -0.05) is 126 Å². The number of hydrogen-bond donors (Lipinski definition) is 2. The van der Waals surface area contributed by atoms with Crippen LogP contribution in [-0.4, -0.2) is 26.8 Å². The predicted molar refractivity (Wildman–Crippen MR) is 138 cm³/mol. The highest BCUT2D eigenvalue weighted by molar-refractivity contribution is 14.1. The zero-order valence-electron chi connectivity index (χ0n) is 19.6. The van der Waals surface area contributed by atoms with Gasteiger partial charge in [-0.05, 0) is 38.5 Å². The van der Waals surface area contributed by atoms with Crippen LogP contribution in [0, 0.1) is 5.92 Å². The molecule has 2 nitrogen and oxygen atoms in total. The summed E-state index contributed by atoms with van der Waals surface area (Å²) in [6.07, 6.45) is 25.1. The molecule has 0 aromatic rings. The lowest BCUT2D eigenvalue weighted by Crippen LogP contribution is -2.32. The molecule has 0 saturated carbocycles. The van der Waals surface area contributed by atoms with Crippen LogP contribution in [0.4, 0.5) is 0 Å². The van der Waals surface area contributed by atoms with Gasteiger partial charge in [0.25, 0.3) is 0 Å². The minimum Gasteiger partial charge on any atom is -0.393 e. The first kappa shape index (κ1) is 29.4. The van der Waals surface area contributed by atoms with Crippen molar-refractivity contribution in [3.05, 3.63) is 12.2 Å². The minimum atomic E-state index is -0.321. The Labute approximate surface area is 196 Å². The molecule has 0 aliphatic heterocycles. The third-order valence-electron chi connectivity index (χ3n) is 6.05. The predicted octanol–water partition coefficient (Wildman–Crippen LogP) is 8.38. The summed E-state index contributed by atoms with van der Waals surface area (Å²) >= 11 is 2.42. The second-order valence-corrected chi connectivity index (χ2v) is 9.87. The smallest absolute Gasteiger partial charge is 0.0593 e. The summed E-state index contributed by atoms with van der Waals surface area (Å²) < 4.78 is 1.22. The lowest BCUT2D eigenvalue weighted by Gasteiger charge is -2.28. The fraction of sp³-hybridized carbons (Fsp3) is 0.923. The van der Waals surface area contributed by atoms with E-state index in [0.717, 1.165) is 38.5 Å². The number of halogens is 1. The average molecular weight is 523 g/mol. The highest BCUT2D eigenvalue weighted by Gasteiger charge is 2.25. The molecule has 0 fully saturated rings. The van der Waals surface area contributed by atoms with Crippen molar-refractivity contribution in [3.8, 4) is 0 Å². The Morgan fingerprint density at radius 2 is 1.03 bits per heavy atom.